The third-order valence-electron chi connectivity index (χ3n) is 5.59. The highest BCUT2D eigenvalue weighted by Crippen LogP contribution is 2.36. The number of hydrogen-bond donors (Lipinski definition) is 1. The van der Waals surface area contributed by atoms with Crippen molar-refractivity contribution >= 4 is 40.0 Å². The third-order valence-corrected chi connectivity index (χ3v) is 5.92. The number of carbonyl (C=O) groups is 1. The fourth-order valence-electron chi connectivity index (χ4n) is 3.76. The molecule has 8 nitrogen and oxygen atoms in total. The van der Waals surface area contributed by atoms with Gasteiger partial charge in [-0.05, 0) is 25.1 Å². The topological polar surface area (TPSA) is 79.2 Å². The number of anilines is 2. The van der Waals surface area contributed by atoms with E-state index in [1.54, 1.807) is 17.8 Å². The first-order valence-corrected chi connectivity index (χ1v) is 10.3. The smallest absolute Gasteiger partial charge is 0.353 e. The molecule has 170 valence electrons. The molecule has 32 heavy (non-hydrogen) atoms. The number of hydrogen-bond acceptors (Lipinski definition) is 6. The Balaban J connectivity index is 1.40. The van der Waals surface area contributed by atoms with E-state index < -0.39 is 22.8 Å². The summed E-state index contributed by atoms with van der Waals surface area (Å²) in [7, 11) is 1.82. The molecule has 1 aromatic carbocycles. The first-order chi connectivity index (χ1) is 15.1. The molecular weight excluding hydrogens is 447 g/mol. The molecule has 1 aliphatic heterocycles. The van der Waals surface area contributed by atoms with Crippen molar-refractivity contribution in [3.8, 4) is 0 Å². The molecule has 1 aliphatic rings. The lowest BCUT2D eigenvalue weighted by Crippen LogP contribution is -2.53. The maximum Gasteiger partial charge on any atom is 0.417 e. The zero-order chi connectivity index (χ0) is 23.0. The van der Waals surface area contributed by atoms with Gasteiger partial charge in [0.25, 0.3) is 0 Å². The van der Waals surface area contributed by atoms with Crippen molar-refractivity contribution in [2.75, 3.05) is 36.4 Å². The molecule has 3 heterocycles. The Morgan fingerprint density at radius 2 is 1.91 bits per heavy atom. The molecule has 0 spiro atoms. The van der Waals surface area contributed by atoms with Crippen LogP contribution in [0, 0.1) is 0 Å². The number of fused-ring (bicyclic) bond motifs is 1. The molecule has 0 aliphatic carbocycles. The molecule has 1 N–H and O–H groups in total. The van der Waals surface area contributed by atoms with Crippen LogP contribution in [0.3, 0.4) is 0 Å². The first kappa shape index (κ1) is 22.3. The lowest BCUT2D eigenvalue weighted by atomic mass is 10.1. The minimum absolute atomic E-state index is 0.0529. The molecule has 3 aromatic rings. The van der Waals surface area contributed by atoms with Gasteiger partial charge in [-0.3, -0.25) is 14.4 Å². The highest BCUT2D eigenvalue weighted by Gasteiger charge is 2.34. The molecule has 1 saturated heterocycles. The molecule has 1 atom stereocenters. The molecule has 2 aromatic heterocycles. The minimum atomic E-state index is -4.60. The number of aryl methyl sites for hydroxylation is 1. The Morgan fingerprint density at radius 1 is 1.19 bits per heavy atom. The van der Waals surface area contributed by atoms with E-state index in [1.165, 1.54) is 12.4 Å². The van der Waals surface area contributed by atoms with Crippen molar-refractivity contribution < 1.29 is 18.0 Å². The Bertz CT molecular complexity index is 1140. The van der Waals surface area contributed by atoms with E-state index in [2.05, 4.69) is 25.3 Å². The molecule has 12 heteroatoms. The van der Waals surface area contributed by atoms with E-state index in [0.29, 0.717) is 26.2 Å². The average molecular weight is 468 g/mol. The van der Waals surface area contributed by atoms with Gasteiger partial charge < -0.3 is 10.2 Å². The van der Waals surface area contributed by atoms with Crippen molar-refractivity contribution in [3.05, 3.63) is 41.3 Å². The number of halogens is 4. The fraction of sp³-hybridized carbons (Fsp3) is 0.400. The lowest BCUT2D eigenvalue weighted by molar-refractivity contribution is -0.137. The monoisotopic (exact) mass is 467 g/mol. The molecule has 0 bridgehead atoms. The number of amides is 1. The molecule has 0 saturated carbocycles. The van der Waals surface area contributed by atoms with Crippen molar-refractivity contribution in [3.63, 3.8) is 0 Å². The van der Waals surface area contributed by atoms with Gasteiger partial charge in [-0.15, -0.1) is 0 Å². The molecule has 4 rings (SSSR count). The zero-order valence-electron chi connectivity index (χ0n) is 17.4. The van der Waals surface area contributed by atoms with Crippen LogP contribution in [0.15, 0.2) is 30.7 Å². The van der Waals surface area contributed by atoms with Crippen molar-refractivity contribution in [2.45, 2.75) is 19.1 Å². The van der Waals surface area contributed by atoms with Gasteiger partial charge in [-0.1, -0.05) is 11.6 Å². The van der Waals surface area contributed by atoms with Gasteiger partial charge in [-0.25, -0.2) is 9.97 Å². The fourth-order valence-corrected chi connectivity index (χ4v) is 3.98. The molecular formula is C20H21ClF3N7O. The Morgan fingerprint density at radius 3 is 2.59 bits per heavy atom. The quantitative estimate of drug-likeness (QED) is 0.635. The second kappa shape index (κ2) is 8.55. The highest BCUT2D eigenvalue weighted by molar-refractivity contribution is 6.31. The third kappa shape index (κ3) is 4.35. The summed E-state index contributed by atoms with van der Waals surface area (Å²) in [5.41, 5.74) is -0.187. The number of alkyl halides is 3. The number of nitrogens with one attached hydrogen (secondary N) is 1. The van der Waals surface area contributed by atoms with Crippen LogP contribution in [0.2, 0.25) is 5.02 Å². The number of nitrogens with zero attached hydrogens (tertiary/aromatic N) is 6. The summed E-state index contributed by atoms with van der Waals surface area (Å²) in [5.74, 6) is 0.409. The second-order valence-electron chi connectivity index (χ2n) is 7.58. The number of aromatic nitrogens is 4. The summed E-state index contributed by atoms with van der Waals surface area (Å²) in [6.07, 6.45) is -1.36. The summed E-state index contributed by atoms with van der Waals surface area (Å²) in [4.78, 5) is 25.4. The number of carbonyl (C=O) groups excluding carboxylic acids is 1. The molecule has 0 radical (unpaired) electrons. The van der Waals surface area contributed by atoms with Gasteiger partial charge in [0.15, 0.2) is 5.65 Å². The van der Waals surface area contributed by atoms with Gasteiger partial charge in [-0.2, -0.15) is 18.3 Å². The van der Waals surface area contributed by atoms with E-state index >= 15 is 0 Å². The SMILES string of the molecule is CC(C(=O)Nc1ccc(Cl)c(C(F)(F)F)c1)N1CCN(c2ncnc3c2cnn3C)CC1. The van der Waals surface area contributed by atoms with Crippen LogP contribution in [0.4, 0.5) is 24.7 Å². The highest BCUT2D eigenvalue weighted by atomic mass is 35.5. The minimum Gasteiger partial charge on any atom is -0.353 e. The normalized spacial score (nSPS) is 16.4. The Hall–Kier alpha value is -2.92. The summed E-state index contributed by atoms with van der Waals surface area (Å²) < 4.78 is 40.9. The van der Waals surface area contributed by atoms with E-state index in [9.17, 15) is 18.0 Å². The number of piperazine rings is 1. The van der Waals surface area contributed by atoms with Gasteiger partial charge in [0.1, 0.15) is 12.1 Å². The predicted octanol–water partition coefficient (Wildman–Crippen LogP) is 3.18. The van der Waals surface area contributed by atoms with E-state index in [4.69, 9.17) is 11.6 Å². The molecule has 1 fully saturated rings. The summed E-state index contributed by atoms with van der Waals surface area (Å²) in [6, 6.07) is 2.81. The maximum atomic E-state index is 13.1. The molecule has 1 amide bonds. The average Bonchev–Trinajstić information content (AvgIpc) is 3.15. The summed E-state index contributed by atoms with van der Waals surface area (Å²) >= 11 is 5.64. The van der Waals surface area contributed by atoms with Crippen molar-refractivity contribution in [1.29, 1.82) is 0 Å². The van der Waals surface area contributed by atoms with Crippen LogP contribution < -0.4 is 10.2 Å². The molecule has 1 unspecified atom stereocenters. The van der Waals surface area contributed by atoms with E-state index in [1.807, 2.05) is 11.9 Å². The van der Waals surface area contributed by atoms with Crippen LogP contribution >= 0.6 is 11.6 Å². The van der Waals surface area contributed by atoms with Crippen LogP contribution in [0.25, 0.3) is 11.0 Å². The standard InChI is InChI=1S/C20H21ClF3N7O/c1-12(19(32)28-13-3-4-16(21)15(9-13)20(22,23)24)30-5-7-31(8-6-30)18-14-10-27-29(2)17(14)25-11-26-18/h3-4,9-12H,5-8H2,1-2H3,(H,28,32). The van der Waals surface area contributed by atoms with E-state index in [0.717, 1.165) is 29.0 Å². The van der Waals surface area contributed by atoms with Gasteiger partial charge in [0.05, 0.1) is 28.2 Å². The number of benzene rings is 1. The second-order valence-corrected chi connectivity index (χ2v) is 7.99. The van der Waals surface area contributed by atoms with Gasteiger partial charge in [0.2, 0.25) is 5.91 Å². The van der Waals surface area contributed by atoms with E-state index in [-0.39, 0.29) is 11.6 Å². The zero-order valence-corrected chi connectivity index (χ0v) is 18.2. The largest absolute Gasteiger partial charge is 0.417 e. The van der Waals surface area contributed by atoms with Crippen LogP contribution in [-0.4, -0.2) is 62.8 Å². The summed E-state index contributed by atoms with van der Waals surface area (Å²) in [5, 5.41) is 7.24. The van der Waals surface area contributed by atoms with Crippen LogP contribution in [0.5, 0.6) is 0 Å². The first-order valence-electron chi connectivity index (χ1n) is 9.94. The van der Waals surface area contributed by atoms with Gasteiger partial charge in [0, 0.05) is 38.9 Å². The predicted molar refractivity (Wildman–Crippen MR) is 115 cm³/mol. The van der Waals surface area contributed by atoms with Crippen molar-refractivity contribution in [1.82, 2.24) is 24.6 Å². The van der Waals surface area contributed by atoms with Crippen LogP contribution in [0.1, 0.15) is 12.5 Å². The number of rotatable bonds is 4. The van der Waals surface area contributed by atoms with Crippen LogP contribution in [-0.2, 0) is 18.0 Å². The summed E-state index contributed by atoms with van der Waals surface area (Å²) in [6.45, 7) is 4.19. The Labute approximate surface area is 187 Å². The maximum absolute atomic E-state index is 13.1. The van der Waals surface area contributed by atoms with Crippen molar-refractivity contribution in [2.24, 2.45) is 7.05 Å². The van der Waals surface area contributed by atoms with Gasteiger partial charge >= 0.3 is 6.18 Å². The Kier molecular flexibility index (Phi) is 5.95. The lowest BCUT2D eigenvalue weighted by Gasteiger charge is -2.38.